The summed E-state index contributed by atoms with van der Waals surface area (Å²) in [5, 5.41) is 10.6. The van der Waals surface area contributed by atoms with Crippen molar-refractivity contribution in [2.75, 3.05) is 6.54 Å². The van der Waals surface area contributed by atoms with Crippen molar-refractivity contribution in [1.82, 2.24) is 9.29 Å². The Bertz CT molecular complexity index is 956. The summed E-state index contributed by atoms with van der Waals surface area (Å²) in [4.78, 5) is 15.0. The number of carbonyl (C=O) groups is 1. The molecule has 0 saturated heterocycles. The van der Waals surface area contributed by atoms with Crippen molar-refractivity contribution in [3.05, 3.63) is 54.0 Å². The Balaban J connectivity index is 1.70. The van der Waals surface area contributed by atoms with Gasteiger partial charge in [-0.2, -0.15) is 0 Å². The first-order chi connectivity index (χ1) is 12.1. The zero-order valence-electron chi connectivity index (χ0n) is 13.6. The topological polar surface area (TPSA) is 56.3 Å². The quantitative estimate of drug-likeness (QED) is 0.550. The molecule has 2 aromatic carbocycles. The van der Waals surface area contributed by atoms with Crippen LogP contribution in [0, 0.1) is 5.82 Å². The molecule has 128 valence electrons. The van der Waals surface area contributed by atoms with E-state index in [1.54, 1.807) is 18.0 Å². The maximum atomic E-state index is 13.4. The molecule has 0 radical (unpaired) electrons. The number of aliphatic hydroxyl groups excluding tert-OH is 1. The summed E-state index contributed by atoms with van der Waals surface area (Å²) >= 11 is 1.56. The third-order valence-corrected chi connectivity index (χ3v) is 5.85. The van der Waals surface area contributed by atoms with Gasteiger partial charge in [-0.1, -0.05) is 6.07 Å². The van der Waals surface area contributed by atoms with E-state index in [-0.39, 0.29) is 11.9 Å². The molecule has 1 aliphatic heterocycles. The number of hydrogen-bond donors (Lipinski definition) is 2. The van der Waals surface area contributed by atoms with E-state index >= 15 is 0 Å². The second-order valence-corrected chi connectivity index (χ2v) is 7.31. The molecule has 0 aliphatic carbocycles. The monoisotopic (exact) mass is 356 g/mol. The minimum atomic E-state index is -0.979. The molecule has 0 bridgehead atoms. The predicted octanol–water partition coefficient (Wildman–Crippen LogP) is 3.92. The van der Waals surface area contributed by atoms with Crippen LogP contribution in [0.15, 0.2) is 47.5 Å². The summed E-state index contributed by atoms with van der Waals surface area (Å²) in [6.45, 7) is 2.36. The van der Waals surface area contributed by atoms with Gasteiger partial charge in [0.15, 0.2) is 0 Å². The van der Waals surface area contributed by atoms with Crippen molar-refractivity contribution in [3.63, 3.8) is 0 Å². The molecule has 25 heavy (non-hydrogen) atoms. The number of halogens is 1. The minimum absolute atomic E-state index is 0.0946. The second-order valence-electron chi connectivity index (χ2n) is 6.22. The van der Waals surface area contributed by atoms with Crippen molar-refractivity contribution in [1.29, 1.82) is 0 Å². The summed E-state index contributed by atoms with van der Waals surface area (Å²) in [6, 6.07) is 11.1. The largest absolute Gasteiger partial charge is 0.384 e. The lowest BCUT2D eigenvalue weighted by atomic mass is 9.99. The van der Waals surface area contributed by atoms with Crippen molar-refractivity contribution < 1.29 is 14.3 Å². The predicted molar refractivity (Wildman–Crippen MR) is 96.7 cm³/mol. The highest BCUT2D eigenvalue weighted by molar-refractivity contribution is 7.97. The van der Waals surface area contributed by atoms with Crippen molar-refractivity contribution in [2.45, 2.75) is 24.0 Å². The third kappa shape index (κ3) is 2.86. The van der Waals surface area contributed by atoms with Crippen LogP contribution in [0.25, 0.3) is 22.0 Å². The SMILES string of the molecule is CC1c2cc(-c3c[nH]c4cc(F)ccc34)ccc2SN1CC(O)C=O. The fraction of sp³-hybridized carbons (Fsp3) is 0.211. The minimum Gasteiger partial charge on any atom is -0.384 e. The summed E-state index contributed by atoms with van der Waals surface area (Å²) in [5.74, 6) is -0.260. The molecule has 0 amide bonds. The van der Waals surface area contributed by atoms with Crippen LogP contribution < -0.4 is 0 Å². The Kier molecular flexibility index (Phi) is 4.11. The smallest absolute Gasteiger partial charge is 0.149 e. The lowest BCUT2D eigenvalue weighted by Gasteiger charge is -2.20. The molecule has 2 N–H and O–H groups in total. The summed E-state index contributed by atoms with van der Waals surface area (Å²) in [5.41, 5.74) is 4.02. The van der Waals surface area contributed by atoms with Gasteiger partial charge in [-0.05, 0) is 60.3 Å². The van der Waals surface area contributed by atoms with Gasteiger partial charge < -0.3 is 14.9 Å². The first-order valence-corrected chi connectivity index (χ1v) is 8.83. The number of aromatic amines is 1. The van der Waals surface area contributed by atoms with E-state index in [9.17, 15) is 14.3 Å². The van der Waals surface area contributed by atoms with Crippen LogP contribution in [0.1, 0.15) is 18.5 Å². The molecule has 4 nitrogen and oxygen atoms in total. The number of carbonyl (C=O) groups excluding carboxylic acids is 1. The molecule has 4 rings (SSSR count). The highest BCUT2D eigenvalue weighted by atomic mass is 32.2. The lowest BCUT2D eigenvalue weighted by Crippen LogP contribution is -2.27. The zero-order valence-corrected chi connectivity index (χ0v) is 14.4. The Morgan fingerprint density at radius 2 is 2.20 bits per heavy atom. The van der Waals surface area contributed by atoms with Gasteiger partial charge in [-0.25, -0.2) is 8.70 Å². The van der Waals surface area contributed by atoms with E-state index in [4.69, 9.17) is 0 Å². The van der Waals surface area contributed by atoms with Gasteiger partial charge in [-0.3, -0.25) is 0 Å². The number of nitrogens with one attached hydrogen (secondary N) is 1. The Labute approximate surface area is 148 Å². The fourth-order valence-electron chi connectivity index (χ4n) is 3.25. The van der Waals surface area contributed by atoms with Gasteiger partial charge in [0.05, 0.1) is 0 Å². The van der Waals surface area contributed by atoms with E-state index < -0.39 is 6.10 Å². The number of H-pyrrole nitrogens is 1. The van der Waals surface area contributed by atoms with Gasteiger partial charge >= 0.3 is 0 Å². The molecule has 6 heteroatoms. The van der Waals surface area contributed by atoms with Crippen LogP contribution in [-0.4, -0.2) is 33.3 Å². The number of aldehydes is 1. The lowest BCUT2D eigenvalue weighted by molar-refractivity contribution is -0.115. The number of hydrogen-bond acceptors (Lipinski definition) is 4. The molecule has 0 spiro atoms. The van der Waals surface area contributed by atoms with E-state index in [1.807, 2.05) is 16.6 Å². The first-order valence-electron chi connectivity index (χ1n) is 8.06. The Morgan fingerprint density at radius 3 is 3.00 bits per heavy atom. The Morgan fingerprint density at radius 1 is 1.36 bits per heavy atom. The van der Waals surface area contributed by atoms with E-state index in [0.717, 1.165) is 32.5 Å². The van der Waals surface area contributed by atoms with Gasteiger partial charge in [0.1, 0.15) is 18.2 Å². The average Bonchev–Trinajstić information content (AvgIpc) is 3.16. The molecule has 2 unspecified atom stereocenters. The van der Waals surface area contributed by atoms with Crippen molar-refractivity contribution in [2.24, 2.45) is 0 Å². The van der Waals surface area contributed by atoms with Crippen LogP contribution in [-0.2, 0) is 4.79 Å². The maximum Gasteiger partial charge on any atom is 0.149 e. The molecule has 2 heterocycles. The number of β-amino-alcohol motifs (C(OH)–C–C–N with tert-alkyl or cyclic N) is 1. The zero-order chi connectivity index (χ0) is 17.6. The van der Waals surface area contributed by atoms with Crippen LogP contribution in [0.5, 0.6) is 0 Å². The third-order valence-electron chi connectivity index (χ3n) is 4.59. The van der Waals surface area contributed by atoms with Crippen molar-refractivity contribution >= 4 is 29.1 Å². The van der Waals surface area contributed by atoms with Gasteiger partial charge in [0.25, 0.3) is 0 Å². The normalized spacial score (nSPS) is 18.4. The molecule has 0 fully saturated rings. The Hall–Kier alpha value is -2.15. The van der Waals surface area contributed by atoms with Crippen LogP contribution in [0.2, 0.25) is 0 Å². The molecular formula is C19H17FN2O2S. The molecule has 2 atom stereocenters. The standard InChI is InChI=1S/C19H17FN2O2S/c1-11-16-6-12(2-5-19(16)25-22(11)9-14(24)10-23)17-8-21-18-7-13(20)3-4-15(17)18/h2-8,10-11,14,21,24H,9H2,1H3. The molecular weight excluding hydrogens is 339 g/mol. The second kappa shape index (κ2) is 6.29. The van der Waals surface area contributed by atoms with Crippen LogP contribution in [0.3, 0.4) is 0 Å². The highest BCUT2D eigenvalue weighted by Gasteiger charge is 2.29. The van der Waals surface area contributed by atoms with Gasteiger partial charge in [-0.15, -0.1) is 0 Å². The first kappa shape index (κ1) is 16.3. The van der Waals surface area contributed by atoms with Crippen molar-refractivity contribution in [3.8, 4) is 11.1 Å². The average molecular weight is 356 g/mol. The number of nitrogens with zero attached hydrogens (tertiary/aromatic N) is 1. The molecule has 0 saturated carbocycles. The van der Waals surface area contributed by atoms with Gasteiger partial charge in [0.2, 0.25) is 0 Å². The number of benzene rings is 2. The van der Waals surface area contributed by atoms with Gasteiger partial charge in [0, 0.05) is 40.1 Å². The maximum absolute atomic E-state index is 13.4. The number of rotatable bonds is 4. The van der Waals surface area contributed by atoms with Crippen LogP contribution >= 0.6 is 11.9 Å². The molecule has 3 aromatic rings. The van der Waals surface area contributed by atoms with E-state index in [1.165, 1.54) is 12.1 Å². The fourth-order valence-corrected chi connectivity index (χ4v) is 4.46. The number of aliphatic hydroxyl groups is 1. The molecule has 1 aliphatic rings. The van der Waals surface area contributed by atoms with E-state index in [2.05, 4.69) is 24.0 Å². The highest BCUT2D eigenvalue weighted by Crippen LogP contribution is 2.45. The van der Waals surface area contributed by atoms with Crippen LogP contribution in [0.4, 0.5) is 4.39 Å². The number of fused-ring (bicyclic) bond motifs is 2. The molecule has 1 aromatic heterocycles. The summed E-state index contributed by atoms with van der Waals surface area (Å²) < 4.78 is 15.4. The summed E-state index contributed by atoms with van der Waals surface area (Å²) in [7, 11) is 0. The van der Waals surface area contributed by atoms with E-state index in [0.29, 0.717) is 12.8 Å². The number of aromatic nitrogens is 1. The summed E-state index contributed by atoms with van der Waals surface area (Å²) in [6.07, 6.45) is 1.48.